The molecule has 1 nitrogen and oxygen atoms in total. The lowest BCUT2D eigenvalue weighted by molar-refractivity contribution is 0.372. The zero-order valence-electron chi connectivity index (χ0n) is 9.01. The predicted molar refractivity (Wildman–Crippen MR) is 62.5 cm³/mol. The van der Waals surface area contributed by atoms with E-state index in [9.17, 15) is 0 Å². The molecule has 78 valence electrons. The third-order valence-electron chi connectivity index (χ3n) is 2.99. The van der Waals surface area contributed by atoms with Crippen molar-refractivity contribution in [2.45, 2.75) is 56.7 Å². The molecule has 0 aliphatic heterocycles. The van der Waals surface area contributed by atoms with Crippen molar-refractivity contribution in [3.63, 3.8) is 0 Å². The highest BCUT2D eigenvalue weighted by atomic mass is 32.2. The van der Waals surface area contributed by atoms with Crippen LogP contribution >= 0.6 is 11.8 Å². The number of rotatable bonds is 5. The molecule has 0 heterocycles. The Morgan fingerprint density at radius 3 is 2.62 bits per heavy atom. The summed E-state index contributed by atoms with van der Waals surface area (Å²) in [6.07, 6.45) is 10.7. The fraction of sp³-hybridized carbons (Fsp3) is 1.00. The van der Waals surface area contributed by atoms with E-state index < -0.39 is 0 Å². The molecule has 1 N–H and O–H groups in total. The van der Waals surface area contributed by atoms with Crippen molar-refractivity contribution in [2.24, 2.45) is 0 Å². The minimum absolute atomic E-state index is 0.816. The topological polar surface area (TPSA) is 12.0 Å². The second-order valence-corrected chi connectivity index (χ2v) is 5.40. The van der Waals surface area contributed by atoms with Gasteiger partial charge in [0.25, 0.3) is 0 Å². The summed E-state index contributed by atoms with van der Waals surface area (Å²) in [5.41, 5.74) is 0. The van der Waals surface area contributed by atoms with Gasteiger partial charge >= 0.3 is 0 Å². The van der Waals surface area contributed by atoms with Crippen LogP contribution in [0.25, 0.3) is 0 Å². The summed E-state index contributed by atoms with van der Waals surface area (Å²) < 4.78 is 0. The summed E-state index contributed by atoms with van der Waals surface area (Å²) in [7, 11) is 0. The van der Waals surface area contributed by atoms with Gasteiger partial charge in [0.1, 0.15) is 0 Å². The second-order valence-electron chi connectivity index (χ2n) is 4.12. The van der Waals surface area contributed by atoms with E-state index in [-0.39, 0.29) is 0 Å². The normalized spacial score (nSPS) is 21.7. The maximum absolute atomic E-state index is 3.67. The van der Waals surface area contributed by atoms with E-state index in [4.69, 9.17) is 0 Å². The molecule has 1 rings (SSSR count). The van der Waals surface area contributed by atoms with Crippen molar-refractivity contribution in [1.29, 1.82) is 0 Å². The standard InChI is InChI=1S/C11H23NS/c1-10(13-2)8-9-12-11-6-4-3-5-7-11/h10-12H,3-9H2,1-2H3. The lowest BCUT2D eigenvalue weighted by Crippen LogP contribution is -2.32. The molecule has 0 bridgehead atoms. The molecule has 0 aromatic carbocycles. The van der Waals surface area contributed by atoms with Gasteiger partial charge in [-0.25, -0.2) is 0 Å². The molecule has 1 unspecified atom stereocenters. The molecular formula is C11H23NS. The lowest BCUT2D eigenvalue weighted by atomic mass is 9.95. The first kappa shape index (κ1) is 11.4. The SMILES string of the molecule is CSC(C)CCNC1CCCCC1. The number of thioether (sulfide) groups is 1. The number of hydrogen-bond donors (Lipinski definition) is 1. The van der Waals surface area contributed by atoms with Gasteiger partial charge in [0.15, 0.2) is 0 Å². The van der Waals surface area contributed by atoms with Gasteiger partial charge in [-0.15, -0.1) is 0 Å². The van der Waals surface area contributed by atoms with Gasteiger partial charge in [-0.1, -0.05) is 26.2 Å². The Morgan fingerprint density at radius 2 is 2.00 bits per heavy atom. The summed E-state index contributed by atoms with van der Waals surface area (Å²) >= 11 is 1.97. The minimum atomic E-state index is 0.816. The van der Waals surface area contributed by atoms with Crippen molar-refractivity contribution in [3.05, 3.63) is 0 Å². The fourth-order valence-corrected chi connectivity index (χ4v) is 2.27. The zero-order chi connectivity index (χ0) is 9.52. The van der Waals surface area contributed by atoms with Crippen LogP contribution in [0, 0.1) is 0 Å². The van der Waals surface area contributed by atoms with E-state index in [1.54, 1.807) is 0 Å². The molecule has 0 aromatic rings. The van der Waals surface area contributed by atoms with Crippen LogP contribution in [0.3, 0.4) is 0 Å². The molecule has 1 atom stereocenters. The first-order valence-corrected chi connectivity index (χ1v) is 6.88. The summed E-state index contributed by atoms with van der Waals surface area (Å²) in [4.78, 5) is 0. The number of nitrogens with one attached hydrogen (secondary N) is 1. The van der Waals surface area contributed by atoms with Crippen molar-refractivity contribution >= 4 is 11.8 Å². The van der Waals surface area contributed by atoms with Crippen LogP contribution in [0.2, 0.25) is 0 Å². The van der Waals surface area contributed by atoms with Crippen molar-refractivity contribution in [3.8, 4) is 0 Å². The Hall–Kier alpha value is 0.310. The maximum Gasteiger partial charge on any atom is 0.00670 e. The van der Waals surface area contributed by atoms with Gasteiger partial charge in [-0.3, -0.25) is 0 Å². The van der Waals surface area contributed by atoms with Gasteiger partial charge in [-0.05, 0) is 32.1 Å². The highest BCUT2D eigenvalue weighted by Gasteiger charge is 2.12. The first-order chi connectivity index (χ1) is 6.33. The Morgan fingerprint density at radius 1 is 1.31 bits per heavy atom. The summed E-state index contributed by atoms with van der Waals surface area (Å²) in [5.74, 6) is 0. The molecule has 0 saturated heterocycles. The van der Waals surface area contributed by atoms with E-state index in [1.807, 2.05) is 11.8 Å². The van der Waals surface area contributed by atoms with Gasteiger partial charge < -0.3 is 5.32 Å². The largest absolute Gasteiger partial charge is 0.314 e. The van der Waals surface area contributed by atoms with Crippen LogP contribution < -0.4 is 5.32 Å². The lowest BCUT2D eigenvalue weighted by Gasteiger charge is -2.23. The average molecular weight is 201 g/mol. The molecule has 13 heavy (non-hydrogen) atoms. The summed E-state index contributed by atoms with van der Waals surface area (Å²) in [6, 6.07) is 0.836. The Bertz CT molecular complexity index is 121. The van der Waals surface area contributed by atoms with E-state index >= 15 is 0 Å². The van der Waals surface area contributed by atoms with Gasteiger partial charge in [-0.2, -0.15) is 11.8 Å². The molecule has 1 fully saturated rings. The molecule has 1 aliphatic carbocycles. The van der Waals surface area contributed by atoms with E-state index in [0.29, 0.717) is 0 Å². The third-order valence-corrected chi connectivity index (χ3v) is 4.03. The molecular weight excluding hydrogens is 178 g/mol. The Labute approximate surface area is 87.1 Å². The van der Waals surface area contributed by atoms with Crippen LogP contribution in [-0.4, -0.2) is 24.1 Å². The molecule has 2 heteroatoms. The van der Waals surface area contributed by atoms with Gasteiger partial charge in [0, 0.05) is 11.3 Å². The first-order valence-electron chi connectivity index (χ1n) is 5.59. The summed E-state index contributed by atoms with van der Waals surface area (Å²) in [5, 5.41) is 4.49. The van der Waals surface area contributed by atoms with Gasteiger partial charge in [0.2, 0.25) is 0 Å². The smallest absolute Gasteiger partial charge is 0.00670 e. The highest BCUT2D eigenvalue weighted by Crippen LogP contribution is 2.17. The van der Waals surface area contributed by atoms with E-state index in [0.717, 1.165) is 11.3 Å². The number of hydrogen-bond acceptors (Lipinski definition) is 2. The monoisotopic (exact) mass is 201 g/mol. The van der Waals surface area contributed by atoms with Crippen LogP contribution in [0.5, 0.6) is 0 Å². The molecule has 0 radical (unpaired) electrons. The fourth-order valence-electron chi connectivity index (χ4n) is 1.92. The second kappa shape index (κ2) is 6.72. The third kappa shape index (κ3) is 4.92. The van der Waals surface area contributed by atoms with Crippen LogP contribution in [-0.2, 0) is 0 Å². The highest BCUT2D eigenvalue weighted by molar-refractivity contribution is 7.99. The van der Waals surface area contributed by atoms with Crippen LogP contribution in [0.4, 0.5) is 0 Å². The average Bonchev–Trinajstić information content (AvgIpc) is 2.19. The quantitative estimate of drug-likeness (QED) is 0.734. The van der Waals surface area contributed by atoms with Crippen LogP contribution in [0.1, 0.15) is 45.4 Å². The van der Waals surface area contributed by atoms with Crippen molar-refractivity contribution in [1.82, 2.24) is 5.32 Å². The molecule has 1 aliphatic rings. The Balaban J connectivity index is 1.98. The van der Waals surface area contributed by atoms with Gasteiger partial charge in [0.05, 0.1) is 0 Å². The molecule has 0 aromatic heterocycles. The predicted octanol–water partition coefficient (Wildman–Crippen LogP) is 3.05. The van der Waals surface area contributed by atoms with Crippen LogP contribution in [0.15, 0.2) is 0 Å². The molecule has 0 amide bonds. The Kier molecular flexibility index (Phi) is 5.88. The minimum Gasteiger partial charge on any atom is -0.314 e. The van der Waals surface area contributed by atoms with E-state index in [1.165, 1.54) is 45.1 Å². The van der Waals surface area contributed by atoms with E-state index in [2.05, 4.69) is 18.5 Å². The maximum atomic E-state index is 3.67. The zero-order valence-corrected chi connectivity index (χ0v) is 9.83. The van der Waals surface area contributed by atoms with Crippen molar-refractivity contribution in [2.75, 3.05) is 12.8 Å². The van der Waals surface area contributed by atoms with Crippen molar-refractivity contribution < 1.29 is 0 Å². The summed E-state index contributed by atoms with van der Waals surface area (Å²) in [6.45, 7) is 3.53. The molecule has 0 spiro atoms. The molecule has 1 saturated carbocycles.